The minimum Gasteiger partial charge on any atom is -0.379 e. The standard InChI is InChI=1S/C13H25NO2/c1-2-3-8-15-10-13-7-6-12(16-13)9-14-11-4-5-11/h11-14H,2-10H2,1H3. The van der Waals surface area contributed by atoms with E-state index in [1.54, 1.807) is 0 Å². The molecule has 2 unspecified atom stereocenters. The molecule has 16 heavy (non-hydrogen) atoms. The summed E-state index contributed by atoms with van der Waals surface area (Å²) in [6.07, 6.45) is 8.24. The van der Waals surface area contributed by atoms with Gasteiger partial charge in [-0.15, -0.1) is 0 Å². The number of hydrogen-bond donors (Lipinski definition) is 1. The number of nitrogens with one attached hydrogen (secondary N) is 1. The fraction of sp³-hybridized carbons (Fsp3) is 1.00. The Bertz CT molecular complexity index is 194. The van der Waals surface area contributed by atoms with Gasteiger partial charge in [-0.25, -0.2) is 0 Å². The lowest BCUT2D eigenvalue weighted by molar-refractivity contribution is -0.0148. The molecule has 1 heterocycles. The van der Waals surface area contributed by atoms with Gasteiger partial charge in [0.15, 0.2) is 0 Å². The van der Waals surface area contributed by atoms with Crippen molar-refractivity contribution in [3.8, 4) is 0 Å². The van der Waals surface area contributed by atoms with Crippen LogP contribution in [0, 0.1) is 0 Å². The van der Waals surface area contributed by atoms with Crippen LogP contribution >= 0.6 is 0 Å². The first-order valence-corrected chi connectivity index (χ1v) is 6.85. The minimum absolute atomic E-state index is 0.350. The molecular weight excluding hydrogens is 202 g/mol. The second-order valence-electron chi connectivity index (χ2n) is 5.07. The summed E-state index contributed by atoms with van der Waals surface area (Å²) in [4.78, 5) is 0. The van der Waals surface area contributed by atoms with E-state index in [2.05, 4.69) is 12.2 Å². The van der Waals surface area contributed by atoms with Crippen molar-refractivity contribution in [2.24, 2.45) is 0 Å². The summed E-state index contributed by atoms with van der Waals surface area (Å²) in [6, 6.07) is 0.795. The second kappa shape index (κ2) is 6.58. The van der Waals surface area contributed by atoms with E-state index in [4.69, 9.17) is 9.47 Å². The maximum Gasteiger partial charge on any atom is 0.0813 e. The van der Waals surface area contributed by atoms with Gasteiger partial charge in [-0.1, -0.05) is 13.3 Å². The number of hydrogen-bond acceptors (Lipinski definition) is 3. The predicted molar refractivity (Wildman–Crippen MR) is 64.6 cm³/mol. The molecule has 3 heteroatoms. The van der Waals surface area contributed by atoms with Crippen LogP contribution in [0.25, 0.3) is 0 Å². The van der Waals surface area contributed by atoms with Gasteiger partial charge in [-0.3, -0.25) is 0 Å². The predicted octanol–water partition coefficient (Wildman–Crippen LogP) is 2.10. The third kappa shape index (κ3) is 4.40. The molecule has 94 valence electrons. The van der Waals surface area contributed by atoms with Gasteiger partial charge in [0.05, 0.1) is 18.8 Å². The van der Waals surface area contributed by atoms with Crippen LogP contribution < -0.4 is 5.32 Å². The van der Waals surface area contributed by atoms with Gasteiger partial charge in [-0.05, 0) is 32.1 Å². The zero-order valence-corrected chi connectivity index (χ0v) is 10.4. The highest BCUT2D eigenvalue weighted by Crippen LogP contribution is 2.22. The van der Waals surface area contributed by atoms with E-state index in [0.29, 0.717) is 12.2 Å². The molecule has 2 aliphatic rings. The lowest BCUT2D eigenvalue weighted by Crippen LogP contribution is -2.29. The Morgan fingerprint density at radius 1 is 1.19 bits per heavy atom. The Morgan fingerprint density at radius 2 is 2.00 bits per heavy atom. The fourth-order valence-electron chi connectivity index (χ4n) is 2.10. The first-order chi connectivity index (χ1) is 7.88. The highest BCUT2D eigenvalue weighted by molar-refractivity contribution is 4.84. The molecule has 1 aliphatic carbocycles. The molecule has 1 aliphatic heterocycles. The van der Waals surface area contributed by atoms with E-state index >= 15 is 0 Å². The maximum atomic E-state index is 5.93. The highest BCUT2D eigenvalue weighted by atomic mass is 16.5. The molecule has 0 spiro atoms. The van der Waals surface area contributed by atoms with Crippen molar-refractivity contribution in [1.29, 1.82) is 0 Å². The monoisotopic (exact) mass is 227 g/mol. The van der Waals surface area contributed by atoms with Gasteiger partial charge < -0.3 is 14.8 Å². The van der Waals surface area contributed by atoms with E-state index in [1.807, 2.05) is 0 Å². The van der Waals surface area contributed by atoms with Crippen LogP contribution in [0.1, 0.15) is 45.4 Å². The summed E-state index contributed by atoms with van der Waals surface area (Å²) in [7, 11) is 0. The van der Waals surface area contributed by atoms with E-state index in [-0.39, 0.29) is 0 Å². The first kappa shape index (κ1) is 12.3. The Kier molecular flexibility index (Phi) is 5.07. The summed E-state index contributed by atoms with van der Waals surface area (Å²) in [5.74, 6) is 0. The molecule has 2 atom stereocenters. The van der Waals surface area contributed by atoms with Crippen molar-refractivity contribution in [3.63, 3.8) is 0 Å². The average molecular weight is 227 g/mol. The molecule has 0 bridgehead atoms. The average Bonchev–Trinajstić information content (AvgIpc) is 3.02. The van der Waals surface area contributed by atoms with Gasteiger partial charge >= 0.3 is 0 Å². The zero-order valence-electron chi connectivity index (χ0n) is 10.4. The van der Waals surface area contributed by atoms with Crippen LogP contribution in [-0.2, 0) is 9.47 Å². The van der Waals surface area contributed by atoms with Gasteiger partial charge in [0, 0.05) is 19.2 Å². The summed E-state index contributed by atoms with van der Waals surface area (Å²) >= 11 is 0. The number of rotatable bonds is 8. The smallest absolute Gasteiger partial charge is 0.0813 e. The van der Waals surface area contributed by atoms with Crippen LogP contribution in [-0.4, -0.2) is 38.0 Å². The minimum atomic E-state index is 0.350. The molecule has 0 aromatic rings. The SMILES string of the molecule is CCCCOCC1CCC(CNC2CC2)O1. The van der Waals surface area contributed by atoms with Crippen LogP contribution in [0.15, 0.2) is 0 Å². The lowest BCUT2D eigenvalue weighted by Gasteiger charge is -2.14. The lowest BCUT2D eigenvalue weighted by atomic mass is 10.2. The van der Waals surface area contributed by atoms with E-state index in [1.165, 1.54) is 38.5 Å². The molecule has 1 N–H and O–H groups in total. The van der Waals surface area contributed by atoms with Crippen molar-refractivity contribution >= 4 is 0 Å². The van der Waals surface area contributed by atoms with Crippen LogP contribution in [0.5, 0.6) is 0 Å². The highest BCUT2D eigenvalue weighted by Gasteiger charge is 2.27. The Morgan fingerprint density at radius 3 is 2.75 bits per heavy atom. The second-order valence-corrected chi connectivity index (χ2v) is 5.07. The normalized spacial score (nSPS) is 29.8. The van der Waals surface area contributed by atoms with Crippen molar-refractivity contribution in [1.82, 2.24) is 5.32 Å². The molecular formula is C13H25NO2. The van der Waals surface area contributed by atoms with Crippen molar-refractivity contribution in [3.05, 3.63) is 0 Å². The van der Waals surface area contributed by atoms with Gasteiger partial charge in [0.1, 0.15) is 0 Å². The third-order valence-corrected chi connectivity index (χ3v) is 3.35. The van der Waals surface area contributed by atoms with E-state index < -0.39 is 0 Å². The molecule has 2 rings (SSSR count). The Hall–Kier alpha value is -0.120. The molecule has 0 amide bonds. The first-order valence-electron chi connectivity index (χ1n) is 6.85. The zero-order chi connectivity index (χ0) is 11.2. The fourth-order valence-corrected chi connectivity index (χ4v) is 2.10. The molecule has 2 fully saturated rings. The summed E-state index contributed by atoms with van der Waals surface area (Å²) in [5.41, 5.74) is 0. The molecule has 1 saturated heterocycles. The van der Waals surface area contributed by atoms with Gasteiger partial charge in [-0.2, -0.15) is 0 Å². The van der Waals surface area contributed by atoms with Crippen molar-refractivity contribution in [2.75, 3.05) is 19.8 Å². The van der Waals surface area contributed by atoms with Crippen LogP contribution in [0.4, 0.5) is 0 Å². The summed E-state index contributed by atoms with van der Waals surface area (Å²) < 4.78 is 11.5. The largest absolute Gasteiger partial charge is 0.379 e. The molecule has 1 saturated carbocycles. The summed E-state index contributed by atoms with van der Waals surface area (Å²) in [5, 5.41) is 3.53. The number of ether oxygens (including phenoxy) is 2. The van der Waals surface area contributed by atoms with Crippen LogP contribution in [0.2, 0.25) is 0 Å². The van der Waals surface area contributed by atoms with Crippen molar-refractivity contribution < 1.29 is 9.47 Å². The van der Waals surface area contributed by atoms with E-state index in [9.17, 15) is 0 Å². The summed E-state index contributed by atoms with van der Waals surface area (Å²) in [6.45, 7) is 4.91. The maximum absolute atomic E-state index is 5.93. The Labute approximate surface area is 98.9 Å². The number of unbranched alkanes of at least 4 members (excludes halogenated alkanes) is 1. The topological polar surface area (TPSA) is 30.5 Å². The third-order valence-electron chi connectivity index (χ3n) is 3.35. The van der Waals surface area contributed by atoms with Gasteiger partial charge in [0.2, 0.25) is 0 Å². The van der Waals surface area contributed by atoms with Gasteiger partial charge in [0.25, 0.3) is 0 Å². The quantitative estimate of drug-likeness (QED) is 0.644. The van der Waals surface area contributed by atoms with Crippen LogP contribution in [0.3, 0.4) is 0 Å². The molecule has 3 nitrogen and oxygen atoms in total. The molecule has 0 radical (unpaired) electrons. The van der Waals surface area contributed by atoms with Crippen molar-refractivity contribution in [2.45, 2.75) is 63.7 Å². The van der Waals surface area contributed by atoms with E-state index in [0.717, 1.165) is 25.8 Å². The molecule has 0 aromatic carbocycles. The molecule has 0 aromatic heterocycles. The Balaban J connectivity index is 1.49.